The minimum atomic E-state index is -0.386. The van der Waals surface area contributed by atoms with Crippen LogP contribution in [0.25, 0.3) is 0 Å². The van der Waals surface area contributed by atoms with Crippen LogP contribution in [0, 0.1) is 0 Å². The molecule has 2 N–H and O–H groups in total. The highest BCUT2D eigenvalue weighted by molar-refractivity contribution is 6.31. The van der Waals surface area contributed by atoms with E-state index in [1.54, 1.807) is 31.7 Å². The van der Waals surface area contributed by atoms with E-state index < -0.39 is 0 Å². The molecule has 2 saturated carbocycles. The molecule has 0 radical (unpaired) electrons. The van der Waals surface area contributed by atoms with Crippen LogP contribution in [0.2, 0.25) is 10.0 Å². The van der Waals surface area contributed by atoms with Gasteiger partial charge in [-0.25, -0.2) is 24.7 Å². The quantitative estimate of drug-likeness (QED) is 0.146. The summed E-state index contributed by atoms with van der Waals surface area (Å²) in [5.41, 5.74) is 8.59. The van der Waals surface area contributed by atoms with E-state index >= 15 is 0 Å². The van der Waals surface area contributed by atoms with Crippen molar-refractivity contribution in [3.05, 3.63) is 117 Å². The van der Waals surface area contributed by atoms with Gasteiger partial charge in [-0.1, -0.05) is 72.4 Å². The number of Topliss-reactive ketones (excluding diaryl/α,β-unsaturated/α-hetero) is 1. The number of ketones is 1. The third kappa shape index (κ3) is 7.40. The summed E-state index contributed by atoms with van der Waals surface area (Å²) in [4.78, 5) is 40.6. The van der Waals surface area contributed by atoms with Crippen LogP contribution < -0.4 is 5.73 Å². The Balaban J connectivity index is 0.000000178. The van der Waals surface area contributed by atoms with Gasteiger partial charge >= 0.3 is 5.97 Å². The highest BCUT2D eigenvalue weighted by atomic mass is 35.5. The molecule has 10 heteroatoms. The van der Waals surface area contributed by atoms with Crippen molar-refractivity contribution in [1.82, 2.24) is 19.9 Å². The van der Waals surface area contributed by atoms with Gasteiger partial charge in [-0.3, -0.25) is 4.79 Å². The van der Waals surface area contributed by atoms with Crippen LogP contribution in [-0.2, 0) is 28.4 Å². The molecular formula is C35H37Cl2N5O3. The molecule has 6 rings (SSSR count). The molecular weight excluding hydrogens is 609 g/mol. The van der Waals surface area contributed by atoms with Gasteiger partial charge in [0.15, 0.2) is 5.78 Å². The summed E-state index contributed by atoms with van der Waals surface area (Å²) >= 11 is 12.8. The van der Waals surface area contributed by atoms with Gasteiger partial charge in [-0.15, -0.1) is 0 Å². The maximum Gasteiger partial charge on any atom is 0.341 e. The van der Waals surface area contributed by atoms with Crippen molar-refractivity contribution in [2.24, 2.45) is 5.73 Å². The van der Waals surface area contributed by atoms with Gasteiger partial charge in [0, 0.05) is 58.5 Å². The van der Waals surface area contributed by atoms with E-state index in [9.17, 15) is 9.59 Å². The zero-order chi connectivity index (χ0) is 31.9. The Morgan fingerprint density at radius 2 is 1.16 bits per heavy atom. The number of rotatable bonds is 10. The van der Waals surface area contributed by atoms with E-state index in [0.717, 1.165) is 60.2 Å². The molecule has 234 valence electrons. The first-order valence-corrected chi connectivity index (χ1v) is 16.1. The Kier molecular flexibility index (Phi) is 10.6. The first-order chi connectivity index (χ1) is 21.8. The topological polar surface area (TPSA) is 121 Å². The van der Waals surface area contributed by atoms with E-state index in [1.165, 1.54) is 24.0 Å². The van der Waals surface area contributed by atoms with Crippen molar-refractivity contribution in [2.45, 2.75) is 69.1 Å². The Bertz CT molecular complexity index is 1620. The van der Waals surface area contributed by atoms with Crippen molar-refractivity contribution in [3.8, 4) is 0 Å². The molecule has 0 amide bonds. The van der Waals surface area contributed by atoms with Crippen molar-refractivity contribution in [1.29, 1.82) is 0 Å². The summed E-state index contributed by atoms with van der Waals surface area (Å²) in [6, 6.07) is 16.0. The summed E-state index contributed by atoms with van der Waals surface area (Å²) < 4.78 is 4.95. The SMILES string of the molecule is CCOC(=O)c1cnc(CC2(c3ccccc3Cl)CCC2)nc1.NCC(=O)c1cnc(CC2(c3ccccc3Cl)CCC2)nc1. The number of nitrogens with zero attached hydrogens (tertiary/aromatic N) is 4. The number of benzene rings is 2. The summed E-state index contributed by atoms with van der Waals surface area (Å²) in [5.74, 6) is 0.949. The average molecular weight is 647 g/mol. The zero-order valence-corrected chi connectivity index (χ0v) is 26.9. The number of halogens is 2. The fourth-order valence-electron chi connectivity index (χ4n) is 6.15. The molecule has 2 aromatic carbocycles. The van der Waals surface area contributed by atoms with E-state index in [2.05, 4.69) is 32.1 Å². The number of nitrogens with two attached hydrogens (primary N) is 1. The number of ether oxygens (including phenoxy) is 1. The molecule has 45 heavy (non-hydrogen) atoms. The number of hydrogen-bond acceptors (Lipinski definition) is 8. The highest BCUT2D eigenvalue weighted by Crippen LogP contribution is 2.49. The molecule has 2 aliphatic carbocycles. The molecule has 2 fully saturated rings. The van der Waals surface area contributed by atoms with E-state index in [4.69, 9.17) is 33.7 Å². The van der Waals surface area contributed by atoms with Crippen LogP contribution in [0.1, 0.15) is 88.9 Å². The van der Waals surface area contributed by atoms with Gasteiger partial charge in [0.25, 0.3) is 0 Å². The van der Waals surface area contributed by atoms with E-state index in [1.807, 2.05) is 36.4 Å². The van der Waals surface area contributed by atoms with Crippen LogP contribution in [0.4, 0.5) is 0 Å². The van der Waals surface area contributed by atoms with Gasteiger partial charge in [0.2, 0.25) is 0 Å². The van der Waals surface area contributed by atoms with Crippen molar-refractivity contribution >= 4 is 35.0 Å². The van der Waals surface area contributed by atoms with Crippen LogP contribution in [0.5, 0.6) is 0 Å². The third-order valence-electron chi connectivity index (χ3n) is 8.93. The summed E-state index contributed by atoms with van der Waals surface area (Å²) in [6.07, 6.45) is 14.4. The van der Waals surface area contributed by atoms with Crippen LogP contribution in [0.3, 0.4) is 0 Å². The molecule has 0 atom stereocenters. The number of esters is 1. The van der Waals surface area contributed by atoms with E-state index in [0.29, 0.717) is 17.7 Å². The van der Waals surface area contributed by atoms with E-state index in [-0.39, 0.29) is 29.1 Å². The monoisotopic (exact) mass is 645 g/mol. The third-order valence-corrected chi connectivity index (χ3v) is 9.59. The first-order valence-electron chi connectivity index (χ1n) is 15.3. The van der Waals surface area contributed by atoms with Gasteiger partial charge in [-0.2, -0.15) is 0 Å². The van der Waals surface area contributed by atoms with Crippen molar-refractivity contribution < 1.29 is 14.3 Å². The van der Waals surface area contributed by atoms with Crippen LogP contribution in [0.15, 0.2) is 73.3 Å². The van der Waals surface area contributed by atoms with Gasteiger partial charge < -0.3 is 10.5 Å². The Morgan fingerprint density at radius 1 is 0.733 bits per heavy atom. The molecule has 0 saturated heterocycles. The highest BCUT2D eigenvalue weighted by Gasteiger charge is 2.41. The lowest BCUT2D eigenvalue weighted by molar-refractivity contribution is 0.0525. The summed E-state index contributed by atoms with van der Waals surface area (Å²) in [5, 5.41) is 1.60. The maximum absolute atomic E-state index is 11.7. The number of aromatic nitrogens is 4. The second-order valence-corrected chi connectivity index (χ2v) is 12.5. The minimum absolute atomic E-state index is 0.0176. The second-order valence-electron chi connectivity index (χ2n) is 11.7. The molecule has 0 bridgehead atoms. The lowest BCUT2D eigenvalue weighted by Crippen LogP contribution is -2.37. The number of carbonyl (C=O) groups is 2. The Labute approximate surface area is 273 Å². The largest absolute Gasteiger partial charge is 0.462 e. The fraction of sp³-hybridized carbons (Fsp3) is 0.371. The summed E-state index contributed by atoms with van der Waals surface area (Å²) in [6.45, 7) is 2.10. The first kappa shape index (κ1) is 32.7. The molecule has 2 aromatic heterocycles. The smallest absolute Gasteiger partial charge is 0.341 e. The molecule has 2 heterocycles. The second kappa shape index (κ2) is 14.6. The lowest BCUT2D eigenvalue weighted by Gasteiger charge is -2.42. The number of carbonyl (C=O) groups excluding carboxylic acids is 2. The predicted molar refractivity (Wildman–Crippen MR) is 175 cm³/mol. The molecule has 0 spiro atoms. The molecule has 2 aliphatic rings. The number of hydrogen-bond donors (Lipinski definition) is 1. The van der Waals surface area contributed by atoms with Crippen molar-refractivity contribution in [3.63, 3.8) is 0 Å². The standard InChI is InChI=1S/C18H19ClN2O2.C17H18ClN3O/c1-2-23-17(22)13-11-20-16(21-12-13)10-18(8-5-9-18)14-6-3-4-7-15(14)19;18-14-5-2-1-4-13(14)17(6-3-7-17)8-16-20-10-12(11-21-16)15(22)9-19/h3-4,6-7,11-12H,2,5,8-10H2,1H3;1-2,4-5,10-11H,3,6-9,19H2. The Hall–Kier alpha value is -3.72. The van der Waals surface area contributed by atoms with Crippen molar-refractivity contribution in [2.75, 3.05) is 13.2 Å². The van der Waals surface area contributed by atoms with Gasteiger partial charge in [-0.05, 0) is 55.9 Å². The lowest BCUT2D eigenvalue weighted by atomic mass is 9.62. The molecule has 0 aliphatic heterocycles. The average Bonchev–Trinajstić information content (AvgIpc) is 3.02. The molecule has 8 nitrogen and oxygen atoms in total. The van der Waals surface area contributed by atoms with Gasteiger partial charge in [0.05, 0.1) is 24.3 Å². The fourth-order valence-corrected chi connectivity index (χ4v) is 6.82. The van der Waals surface area contributed by atoms with Crippen LogP contribution in [-0.4, -0.2) is 44.8 Å². The summed E-state index contributed by atoms with van der Waals surface area (Å²) in [7, 11) is 0. The Morgan fingerprint density at radius 3 is 1.51 bits per heavy atom. The molecule has 0 unspecified atom stereocenters. The normalized spacial score (nSPS) is 15.9. The van der Waals surface area contributed by atoms with Gasteiger partial charge in [0.1, 0.15) is 11.6 Å². The minimum Gasteiger partial charge on any atom is -0.462 e. The zero-order valence-electron chi connectivity index (χ0n) is 25.3. The molecule has 4 aromatic rings. The predicted octanol–water partition coefficient (Wildman–Crippen LogP) is 6.91. The van der Waals surface area contributed by atoms with Crippen LogP contribution >= 0.6 is 23.2 Å². The maximum atomic E-state index is 11.7.